The zero-order chi connectivity index (χ0) is 8.48. The van der Waals surface area contributed by atoms with Gasteiger partial charge in [-0.05, 0) is 26.3 Å². The van der Waals surface area contributed by atoms with Crippen molar-refractivity contribution in [2.45, 2.75) is 6.92 Å². The number of rotatable bonds is 1. The summed E-state index contributed by atoms with van der Waals surface area (Å²) in [7, 11) is -2.15. The summed E-state index contributed by atoms with van der Waals surface area (Å²) < 4.78 is 11.5. The fourth-order valence-electron chi connectivity index (χ4n) is 0.754. The first-order valence-electron chi connectivity index (χ1n) is 3.35. The van der Waals surface area contributed by atoms with Crippen LogP contribution in [0, 0.1) is 6.92 Å². The second-order valence-corrected chi connectivity index (χ2v) is 6.12. The monoisotopic (exact) mass is 170 g/mol. The Morgan fingerprint density at radius 1 is 1.45 bits per heavy atom. The van der Waals surface area contributed by atoms with Crippen molar-refractivity contribution in [2.24, 2.45) is 0 Å². The Hall–Kier alpha value is -0.690. The van der Waals surface area contributed by atoms with Gasteiger partial charge in [-0.15, -0.1) is 0 Å². The molecule has 0 fully saturated rings. The Balaban J connectivity index is 3.17. The lowest BCUT2D eigenvalue weighted by molar-refractivity contribution is 0.588. The molecular formula is C7H11N2OP. The quantitative estimate of drug-likeness (QED) is 0.591. The standard InChI is InChI=1S/C7H11N2OP/c1-6-4-7(5-8-9-6)11(2,3)10/h4-5H,1-3H3. The van der Waals surface area contributed by atoms with E-state index in [2.05, 4.69) is 10.2 Å². The molecule has 0 saturated carbocycles. The predicted molar refractivity (Wildman–Crippen MR) is 45.9 cm³/mol. The van der Waals surface area contributed by atoms with Crippen LogP contribution in [0.25, 0.3) is 0 Å². The molecule has 0 aliphatic rings. The Bertz CT molecular complexity index is 305. The van der Waals surface area contributed by atoms with Crippen LogP contribution in [0.15, 0.2) is 12.3 Å². The lowest BCUT2D eigenvalue weighted by atomic mass is 10.4. The van der Waals surface area contributed by atoms with Gasteiger partial charge in [0.05, 0.1) is 11.9 Å². The molecule has 60 valence electrons. The summed E-state index contributed by atoms with van der Waals surface area (Å²) in [5.41, 5.74) is 0.812. The third-order valence-corrected chi connectivity index (χ3v) is 2.87. The maximum absolute atomic E-state index is 11.5. The van der Waals surface area contributed by atoms with Crippen molar-refractivity contribution in [1.29, 1.82) is 0 Å². The fraction of sp³-hybridized carbons (Fsp3) is 0.429. The highest BCUT2D eigenvalue weighted by Gasteiger charge is 2.10. The minimum atomic E-state index is -2.15. The van der Waals surface area contributed by atoms with Gasteiger partial charge in [0.25, 0.3) is 0 Å². The summed E-state index contributed by atoms with van der Waals surface area (Å²) in [5.74, 6) is 0. The van der Waals surface area contributed by atoms with E-state index in [1.807, 2.05) is 13.0 Å². The number of hydrogen-bond acceptors (Lipinski definition) is 3. The van der Waals surface area contributed by atoms with Gasteiger partial charge in [0.2, 0.25) is 0 Å². The number of nitrogens with zero attached hydrogens (tertiary/aromatic N) is 2. The van der Waals surface area contributed by atoms with Crippen molar-refractivity contribution >= 4 is 12.4 Å². The van der Waals surface area contributed by atoms with Crippen LogP contribution in [-0.4, -0.2) is 23.5 Å². The Morgan fingerprint density at radius 2 is 2.09 bits per heavy atom. The van der Waals surface area contributed by atoms with Gasteiger partial charge in [0.1, 0.15) is 7.14 Å². The van der Waals surface area contributed by atoms with E-state index < -0.39 is 7.14 Å². The second kappa shape index (κ2) is 2.74. The summed E-state index contributed by atoms with van der Waals surface area (Å²) in [6.07, 6.45) is 1.56. The minimum Gasteiger partial charge on any atom is -0.319 e. The van der Waals surface area contributed by atoms with Crippen molar-refractivity contribution in [3.05, 3.63) is 18.0 Å². The van der Waals surface area contributed by atoms with Crippen molar-refractivity contribution in [2.75, 3.05) is 13.3 Å². The summed E-state index contributed by atoms with van der Waals surface area (Å²) in [4.78, 5) is 0. The molecule has 0 radical (unpaired) electrons. The number of aryl methyl sites for hydroxylation is 1. The highest BCUT2D eigenvalue weighted by molar-refractivity contribution is 7.70. The summed E-state index contributed by atoms with van der Waals surface area (Å²) in [5, 5.41) is 8.31. The van der Waals surface area contributed by atoms with Crippen LogP contribution in [0.2, 0.25) is 0 Å². The van der Waals surface area contributed by atoms with Gasteiger partial charge in [-0.1, -0.05) is 0 Å². The SMILES string of the molecule is Cc1cc(P(C)(C)=O)cnn1. The van der Waals surface area contributed by atoms with Crippen LogP contribution in [-0.2, 0) is 4.57 Å². The van der Waals surface area contributed by atoms with Crippen molar-refractivity contribution in [3.8, 4) is 0 Å². The zero-order valence-corrected chi connectivity index (χ0v) is 7.80. The number of aromatic nitrogens is 2. The Morgan fingerprint density at radius 3 is 2.45 bits per heavy atom. The molecule has 0 spiro atoms. The van der Waals surface area contributed by atoms with E-state index in [0.717, 1.165) is 11.0 Å². The molecule has 0 aliphatic carbocycles. The first-order valence-corrected chi connectivity index (χ1v) is 5.95. The van der Waals surface area contributed by atoms with Crippen LogP contribution in [0.5, 0.6) is 0 Å². The molecule has 0 N–H and O–H groups in total. The second-order valence-electron chi connectivity index (χ2n) is 2.91. The van der Waals surface area contributed by atoms with E-state index >= 15 is 0 Å². The highest BCUT2D eigenvalue weighted by atomic mass is 31.2. The van der Waals surface area contributed by atoms with Crippen molar-refractivity contribution in [1.82, 2.24) is 10.2 Å². The molecule has 3 nitrogen and oxygen atoms in total. The average molecular weight is 170 g/mol. The van der Waals surface area contributed by atoms with Gasteiger partial charge in [-0.25, -0.2) is 0 Å². The molecule has 0 aromatic carbocycles. The van der Waals surface area contributed by atoms with E-state index in [1.54, 1.807) is 19.5 Å². The van der Waals surface area contributed by atoms with E-state index in [1.165, 1.54) is 0 Å². The molecule has 1 aromatic rings. The molecule has 11 heavy (non-hydrogen) atoms. The van der Waals surface area contributed by atoms with E-state index in [0.29, 0.717) is 0 Å². The molecule has 1 rings (SSSR count). The van der Waals surface area contributed by atoms with Crippen LogP contribution in [0.3, 0.4) is 0 Å². The molecule has 0 aliphatic heterocycles. The largest absolute Gasteiger partial charge is 0.319 e. The zero-order valence-electron chi connectivity index (χ0n) is 6.90. The predicted octanol–water partition coefficient (Wildman–Crippen LogP) is 1.03. The molecule has 0 bridgehead atoms. The smallest absolute Gasteiger partial charge is 0.111 e. The highest BCUT2D eigenvalue weighted by Crippen LogP contribution is 2.33. The van der Waals surface area contributed by atoms with Gasteiger partial charge in [-0.3, -0.25) is 0 Å². The fourth-order valence-corrected chi connectivity index (χ4v) is 1.58. The van der Waals surface area contributed by atoms with Crippen LogP contribution in [0.1, 0.15) is 5.69 Å². The van der Waals surface area contributed by atoms with Gasteiger partial charge in [-0.2, -0.15) is 10.2 Å². The van der Waals surface area contributed by atoms with Gasteiger partial charge in [0.15, 0.2) is 0 Å². The first-order chi connectivity index (χ1) is 5.00. The third kappa shape index (κ3) is 2.12. The van der Waals surface area contributed by atoms with Crippen LogP contribution < -0.4 is 5.30 Å². The molecule has 4 heteroatoms. The minimum absolute atomic E-state index is 0.796. The lowest BCUT2D eigenvalue weighted by Gasteiger charge is -2.04. The normalized spacial score (nSPS) is 11.5. The van der Waals surface area contributed by atoms with E-state index in [9.17, 15) is 4.57 Å². The molecule has 0 saturated heterocycles. The lowest BCUT2D eigenvalue weighted by Crippen LogP contribution is -2.05. The molecule has 1 heterocycles. The molecular weight excluding hydrogens is 159 g/mol. The van der Waals surface area contributed by atoms with Gasteiger partial charge < -0.3 is 4.57 Å². The van der Waals surface area contributed by atoms with E-state index in [-0.39, 0.29) is 0 Å². The van der Waals surface area contributed by atoms with Crippen molar-refractivity contribution in [3.63, 3.8) is 0 Å². The average Bonchev–Trinajstić information content (AvgIpc) is 1.86. The summed E-state index contributed by atoms with van der Waals surface area (Å²) >= 11 is 0. The van der Waals surface area contributed by atoms with Crippen molar-refractivity contribution < 1.29 is 4.57 Å². The van der Waals surface area contributed by atoms with Crippen LogP contribution >= 0.6 is 7.14 Å². The molecule has 0 unspecified atom stereocenters. The molecule has 0 amide bonds. The Kier molecular flexibility index (Phi) is 2.10. The topological polar surface area (TPSA) is 42.9 Å². The maximum Gasteiger partial charge on any atom is 0.111 e. The third-order valence-electron chi connectivity index (χ3n) is 1.38. The van der Waals surface area contributed by atoms with Gasteiger partial charge in [0, 0.05) is 5.30 Å². The molecule has 1 aromatic heterocycles. The Labute approximate surface area is 66.2 Å². The number of hydrogen-bond donors (Lipinski definition) is 0. The molecule has 0 atom stereocenters. The van der Waals surface area contributed by atoms with Gasteiger partial charge >= 0.3 is 0 Å². The maximum atomic E-state index is 11.5. The van der Waals surface area contributed by atoms with E-state index in [4.69, 9.17) is 0 Å². The summed E-state index contributed by atoms with van der Waals surface area (Å²) in [6, 6.07) is 1.81. The first kappa shape index (κ1) is 8.41. The van der Waals surface area contributed by atoms with Crippen LogP contribution in [0.4, 0.5) is 0 Å². The summed E-state index contributed by atoms with van der Waals surface area (Å²) in [6.45, 7) is 5.29.